The first-order chi connectivity index (χ1) is 14.2. The van der Waals surface area contributed by atoms with Crippen molar-refractivity contribution in [2.45, 2.75) is 25.9 Å². The Labute approximate surface area is 168 Å². The molecule has 3 heterocycles. The second-order valence-electron chi connectivity index (χ2n) is 6.71. The van der Waals surface area contributed by atoms with Crippen LogP contribution < -0.4 is 5.32 Å². The highest BCUT2D eigenvalue weighted by Crippen LogP contribution is 2.26. The van der Waals surface area contributed by atoms with E-state index in [1.165, 1.54) is 25.4 Å². The lowest BCUT2D eigenvalue weighted by atomic mass is 10.0. The number of aromatic nitrogens is 5. The lowest BCUT2D eigenvalue weighted by molar-refractivity contribution is -0.139. The van der Waals surface area contributed by atoms with Gasteiger partial charge < -0.3 is 10.3 Å². The standard InChI is InChI=1S/C19H18F4N6O/c1-10(3-4-11(2)18(30)27-8-19(21,22)23)15-14(20)7-26-17(29-15)13-6-25-16-12(13)5-24-9-28-16/h3-7,9-11H,8H2,1-2H3,(H,27,30)(H,24,25,28)/b4-3+/t10-,11+/m1/s1. The van der Waals surface area contributed by atoms with E-state index < -0.39 is 36.3 Å². The fraction of sp³-hybridized carbons (Fsp3) is 0.316. The summed E-state index contributed by atoms with van der Waals surface area (Å²) in [5, 5.41) is 2.49. The summed E-state index contributed by atoms with van der Waals surface area (Å²) < 4.78 is 51.0. The van der Waals surface area contributed by atoms with Crippen LogP contribution in [0.1, 0.15) is 25.5 Å². The molecule has 2 N–H and O–H groups in total. The molecule has 0 aliphatic heterocycles. The quantitative estimate of drug-likeness (QED) is 0.468. The first-order valence-corrected chi connectivity index (χ1v) is 8.98. The third kappa shape index (κ3) is 4.97. The number of carbonyl (C=O) groups is 1. The molecule has 11 heteroatoms. The molecule has 0 radical (unpaired) electrons. The van der Waals surface area contributed by atoms with Crippen LogP contribution >= 0.6 is 0 Å². The second-order valence-corrected chi connectivity index (χ2v) is 6.71. The number of nitrogens with zero attached hydrogens (tertiary/aromatic N) is 4. The predicted octanol–water partition coefficient (Wildman–Crippen LogP) is 3.53. The Morgan fingerprint density at radius 2 is 2.00 bits per heavy atom. The molecule has 3 aromatic heterocycles. The predicted molar refractivity (Wildman–Crippen MR) is 101 cm³/mol. The average Bonchev–Trinajstić information content (AvgIpc) is 3.14. The van der Waals surface area contributed by atoms with Gasteiger partial charge in [0.1, 0.15) is 18.5 Å². The van der Waals surface area contributed by atoms with Crippen molar-refractivity contribution in [1.29, 1.82) is 0 Å². The summed E-state index contributed by atoms with van der Waals surface area (Å²) in [4.78, 5) is 31.1. The van der Waals surface area contributed by atoms with E-state index in [-0.39, 0.29) is 11.5 Å². The smallest absolute Gasteiger partial charge is 0.346 e. The van der Waals surface area contributed by atoms with Crippen LogP contribution in [-0.2, 0) is 4.79 Å². The highest BCUT2D eigenvalue weighted by Gasteiger charge is 2.28. The number of alkyl halides is 3. The zero-order valence-corrected chi connectivity index (χ0v) is 16.0. The van der Waals surface area contributed by atoms with Crippen LogP contribution in [0, 0.1) is 11.7 Å². The van der Waals surface area contributed by atoms with Crippen LogP contribution in [-0.4, -0.2) is 43.5 Å². The number of fused-ring (bicyclic) bond motifs is 1. The van der Waals surface area contributed by atoms with Gasteiger partial charge >= 0.3 is 6.18 Å². The van der Waals surface area contributed by atoms with Gasteiger partial charge in [0.25, 0.3) is 0 Å². The van der Waals surface area contributed by atoms with Crippen molar-refractivity contribution in [3.8, 4) is 11.4 Å². The van der Waals surface area contributed by atoms with E-state index in [9.17, 15) is 22.4 Å². The molecular weight excluding hydrogens is 404 g/mol. The van der Waals surface area contributed by atoms with Crippen molar-refractivity contribution in [3.05, 3.63) is 48.6 Å². The van der Waals surface area contributed by atoms with Gasteiger partial charge in [0, 0.05) is 29.3 Å². The number of allylic oxidation sites excluding steroid dienone is 1. The molecule has 0 spiro atoms. The second kappa shape index (κ2) is 8.56. The van der Waals surface area contributed by atoms with Crippen LogP contribution in [0.15, 0.2) is 37.1 Å². The summed E-state index contributed by atoms with van der Waals surface area (Å²) in [7, 11) is 0. The number of carbonyl (C=O) groups excluding carboxylic acids is 1. The van der Waals surface area contributed by atoms with Crippen LogP contribution in [0.4, 0.5) is 17.6 Å². The van der Waals surface area contributed by atoms with Gasteiger partial charge in [-0.15, -0.1) is 0 Å². The number of H-pyrrole nitrogens is 1. The zero-order valence-electron chi connectivity index (χ0n) is 16.0. The highest BCUT2D eigenvalue weighted by molar-refractivity contribution is 5.90. The maximum atomic E-state index is 14.3. The topological polar surface area (TPSA) is 96.5 Å². The third-order valence-electron chi connectivity index (χ3n) is 4.36. The fourth-order valence-corrected chi connectivity index (χ4v) is 2.73. The maximum Gasteiger partial charge on any atom is 0.405 e. The average molecular weight is 422 g/mol. The van der Waals surface area contributed by atoms with Crippen LogP contribution in [0.3, 0.4) is 0 Å². The molecule has 2 atom stereocenters. The normalized spacial score (nSPS) is 14.2. The number of hydrogen-bond acceptors (Lipinski definition) is 5. The third-order valence-corrected chi connectivity index (χ3v) is 4.36. The lowest BCUT2D eigenvalue weighted by Crippen LogP contribution is -2.36. The number of aromatic amines is 1. The van der Waals surface area contributed by atoms with E-state index in [2.05, 4.69) is 24.9 Å². The molecular formula is C19H18F4N6O. The first kappa shape index (κ1) is 21.3. The van der Waals surface area contributed by atoms with Gasteiger partial charge in [0.05, 0.1) is 17.8 Å². The fourth-order valence-electron chi connectivity index (χ4n) is 2.73. The van der Waals surface area contributed by atoms with Gasteiger partial charge in [-0.1, -0.05) is 26.0 Å². The summed E-state index contributed by atoms with van der Waals surface area (Å²) in [6, 6.07) is 0. The van der Waals surface area contributed by atoms with Gasteiger partial charge in [-0.25, -0.2) is 24.3 Å². The number of nitrogens with one attached hydrogen (secondary N) is 2. The molecule has 7 nitrogen and oxygen atoms in total. The number of halogens is 4. The molecule has 1 amide bonds. The van der Waals surface area contributed by atoms with E-state index in [0.717, 1.165) is 6.20 Å². The first-order valence-electron chi connectivity index (χ1n) is 8.98. The van der Waals surface area contributed by atoms with Crippen molar-refractivity contribution in [2.75, 3.05) is 6.54 Å². The minimum absolute atomic E-state index is 0.0883. The zero-order chi connectivity index (χ0) is 21.9. The molecule has 0 fully saturated rings. The van der Waals surface area contributed by atoms with Crippen molar-refractivity contribution in [1.82, 2.24) is 30.2 Å². The van der Waals surface area contributed by atoms with E-state index in [1.807, 2.05) is 5.32 Å². The van der Waals surface area contributed by atoms with Gasteiger partial charge in [0.2, 0.25) is 5.91 Å². The van der Waals surface area contributed by atoms with Gasteiger partial charge in [-0.2, -0.15) is 13.2 Å². The molecule has 3 aromatic rings. The molecule has 0 aliphatic carbocycles. The Morgan fingerprint density at radius 3 is 2.73 bits per heavy atom. The number of hydrogen-bond donors (Lipinski definition) is 2. The van der Waals surface area contributed by atoms with Crippen LogP contribution in [0.25, 0.3) is 22.4 Å². The molecule has 0 saturated carbocycles. The Morgan fingerprint density at radius 1 is 1.23 bits per heavy atom. The Kier molecular flexibility index (Phi) is 6.09. The Hall–Kier alpha value is -3.37. The molecule has 0 aliphatic rings. The molecule has 158 valence electrons. The van der Waals surface area contributed by atoms with E-state index >= 15 is 0 Å². The largest absolute Gasteiger partial charge is 0.405 e. The summed E-state index contributed by atoms with van der Waals surface area (Å²) in [6.45, 7) is 1.70. The summed E-state index contributed by atoms with van der Waals surface area (Å²) in [6.07, 6.45) is 4.11. The molecule has 0 bridgehead atoms. The summed E-state index contributed by atoms with van der Waals surface area (Å²) >= 11 is 0. The van der Waals surface area contributed by atoms with E-state index in [4.69, 9.17) is 0 Å². The van der Waals surface area contributed by atoms with Crippen molar-refractivity contribution < 1.29 is 22.4 Å². The van der Waals surface area contributed by atoms with E-state index in [0.29, 0.717) is 16.6 Å². The summed E-state index contributed by atoms with van der Waals surface area (Å²) in [5.74, 6) is -2.53. The SMILES string of the molecule is C[C@H](/C=C/[C@H](C)C(=O)NCC(F)(F)F)c1nc(-c2c[nH]c3ncncc23)ncc1F. The monoisotopic (exact) mass is 422 g/mol. The van der Waals surface area contributed by atoms with Crippen LogP contribution in [0.2, 0.25) is 0 Å². The van der Waals surface area contributed by atoms with Crippen molar-refractivity contribution >= 4 is 16.9 Å². The number of rotatable bonds is 6. The minimum atomic E-state index is -4.49. The molecule has 3 rings (SSSR count). The highest BCUT2D eigenvalue weighted by atomic mass is 19.4. The Balaban J connectivity index is 1.77. The number of amides is 1. The van der Waals surface area contributed by atoms with Gasteiger partial charge in [0.15, 0.2) is 11.6 Å². The van der Waals surface area contributed by atoms with Crippen LogP contribution in [0.5, 0.6) is 0 Å². The molecule has 30 heavy (non-hydrogen) atoms. The minimum Gasteiger partial charge on any atom is -0.346 e. The van der Waals surface area contributed by atoms with E-state index in [1.54, 1.807) is 19.3 Å². The van der Waals surface area contributed by atoms with Crippen molar-refractivity contribution in [2.24, 2.45) is 5.92 Å². The molecule has 0 saturated heterocycles. The van der Waals surface area contributed by atoms with Gasteiger partial charge in [-0.3, -0.25) is 4.79 Å². The molecule has 0 unspecified atom stereocenters. The van der Waals surface area contributed by atoms with Crippen molar-refractivity contribution in [3.63, 3.8) is 0 Å². The summed E-state index contributed by atoms with van der Waals surface area (Å²) in [5.41, 5.74) is 1.27. The lowest BCUT2D eigenvalue weighted by Gasteiger charge is -2.12. The van der Waals surface area contributed by atoms with Gasteiger partial charge in [-0.05, 0) is 0 Å². The maximum absolute atomic E-state index is 14.3. The Bertz CT molecular complexity index is 1080. The molecule has 0 aromatic carbocycles.